The molecule has 1 fully saturated rings. The highest BCUT2D eigenvalue weighted by molar-refractivity contribution is 5.70. The molecule has 0 aromatic heterocycles. The molecule has 0 unspecified atom stereocenters. The van der Waals surface area contributed by atoms with Crippen molar-refractivity contribution in [2.45, 2.75) is 224 Å². The SMILES string of the molecule is CCCCCCCCCCCCCCCCCCCCCC(=O)OC[C@H](CO)OC(=O)CCC/C=C/C[C@@H]1[C@@H](/C=C/[C@@H](O)CCCCC)[C@H](O)C[C@@H]1O. The summed E-state index contributed by atoms with van der Waals surface area (Å²) in [7, 11) is 0. The van der Waals surface area contributed by atoms with E-state index in [4.69, 9.17) is 9.47 Å². The topological polar surface area (TPSA) is 134 Å². The lowest BCUT2D eigenvalue weighted by atomic mass is 9.89. The Morgan fingerprint density at radius 1 is 0.660 bits per heavy atom. The van der Waals surface area contributed by atoms with Gasteiger partial charge in [-0.1, -0.05) is 173 Å². The summed E-state index contributed by atoms with van der Waals surface area (Å²) in [5.41, 5.74) is 0. The van der Waals surface area contributed by atoms with E-state index < -0.39 is 37.0 Å². The van der Waals surface area contributed by atoms with Crippen molar-refractivity contribution in [3.8, 4) is 0 Å². The smallest absolute Gasteiger partial charge is 0.306 e. The van der Waals surface area contributed by atoms with Crippen LogP contribution in [-0.4, -0.2) is 70.0 Å². The van der Waals surface area contributed by atoms with Gasteiger partial charge in [0, 0.05) is 25.2 Å². The Kier molecular flexibility index (Phi) is 32.3. The minimum atomic E-state index is -0.863. The third kappa shape index (κ3) is 27.5. The van der Waals surface area contributed by atoms with Crippen LogP contribution in [0.4, 0.5) is 0 Å². The van der Waals surface area contributed by atoms with Crippen molar-refractivity contribution in [3.05, 3.63) is 24.3 Å². The van der Waals surface area contributed by atoms with Gasteiger partial charge in [0.1, 0.15) is 6.61 Å². The van der Waals surface area contributed by atoms with Crippen LogP contribution in [0, 0.1) is 11.8 Å². The fourth-order valence-corrected chi connectivity index (χ4v) is 7.37. The summed E-state index contributed by atoms with van der Waals surface area (Å²) >= 11 is 0. The van der Waals surface area contributed by atoms with Gasteiger partial charge < -0.3 is 29.9 Å². The Morgan fingerprint density at radius 3 is 1.72 bits per heavy atom. The first-order valence-electron chi connectivity index (χ1n) is 22.2. The van der Waals surface area contributed by atoms with E-state index in [1.807, 2.05) is 18.2 Å². The van der Waals surface area contributed by atoms with Crippen molar-refractivity contribution in [3.63, 3.8) is 0 Å². The molecule has 1 saturated carbocycles. The average molecular weight is 751 g/mol. The zero-order valence-electron chi connectivity index (χ0n) is 34.1. The van der Waals surface area contributed by atoms with E-state index in [2.05, 4.69) is 13.8 Å². The maximum Gasteiger partial charge on any atom is 0.306 e. The van der Waals surface area contributed by atoms with Crippen LogP contribution < -0.4 is 0 Å². The van der Waals surface area contributed by atoms with Crippen LogP contribution in [0.1, 0.15) is 200 Å². The number of hydrogen-bond donors (Lipinski definition) is 4. The van der Waals surface area contributed by atoms with Crippen molar-refractivity contribution in [2.75, 3.05) is 13.2 Å². The zero-order valence-corrected chi connectivity index (χ0v) is 34.1. The molecule has 0 aromatic carbocycles. The monoisotopic (exact) mass is 751 g/mol. The van der Waals surface area contributed by atoms with Crippen LogP contribution in [0.3, 0.4) is 0 Å². The number of esters is 2. The number of rotatable bonds is 36. The van der Waals surface area contributed by atoms with Crippen molar-refractivity contribution in [1.29, 1.82) is 0 Å². The van der Waals surface area contributed by atoms with E-state index in [9.17, 15) is 30.0 Å². The Hall–Kier alpha value is -1.74. The number of unbranched alkanes of at least 4 members (excludes halogenated alkanes) is 21. The molecule has 53 heavy (non-hydrogen) atoms. The number of hydrogen-bond acceptors (Lipinski definition) is 8. The molecule has 1 rings (SSSR count). The zero-order chi connectivity index (χ0) is 38.8. The molecule has 1 aliphatic carbocycles. The Labute approximate surface area is 324 Å². The second-order valence-corrected chi connectivity index (χ2v) is 15.8. The first kappa shape index (κ1) is 49.3. The first-order valence-corrected chi connectivity index (χ1v) is 22.2. The normalized spacial score (nSPS) is 20.0. The highest BCUT2D eigenvalue weighted by Crippen LogP contribution is 2.36. The molecule has 310 valence electrons. The lowest BCUT2D eigenvalue weighted by Gasteiger charge is -2.19. The van der Waals surface area contributed by atoms with Crippen molar-refractivity contribution >= 4 is 11.9 Å². The summed E-state index contributed by atoms with van der Waals surface area (Å²) in [6, 6.07) is 0. The molecule has 0 heterocycles. The predicted octanol–water partition coefficient (Wildman–Crippen LogP) is 10.2. The van der Waals surface area contributed by atoms with Gasteiger partial charge >= 0.3 is 11.9 Å². The molecule has 0 bridgehead atoms. The highest BCUT2D eigenvalue weighted by atomic mass is 16.6. The first-order chi connectivity index (χ1) is 25.8. The molecule has 1 aliphatic rings. The number of ether oxygens (including phenoxy) is 2. The van der Waals surface area contributed by atoms with Gasteiger partial charge in [-0.05, 0) is 38.0 Å². The van der Waals surface area contributed by atoms with Crippen LogP contribution in [0.2, 0.25) is 0 Å². The molecule has 0 aromatic rings. The molecule has 8 heteroatoms. The molecule has 0 radical (unpaired) electrons. The number of allylic oxidation sites excluding steroid dienone is 2. The van der Waals surface area contributed by atoms with Gasteiger partial charge in [-0.3, -0.25) is 9.59 Å². The number of aliphatic hydroxyl groups is 4. The van der Waals surface area contributed by atoms with E-state index in [0.29, 0.717) is 38.5 Å². The summed E-state index contributed by atoms with van der Waals surface area (Å²) in [5.74, 6) is -1.09. The lowest BCUT2D eigenvalue weighted by molar-refractivity contribution is -0.161. The predicted molar refractivity (Wildman–Crippen MR) is 216 cm³/mol. The van der Waals surface area contributed by atoms with Crippen molar-refractivity contribution in [2.24, 2.45) is 11.8 Å². The molecule has 0 amide bonds. The van der Waals surface area contributed by atoms with Crippen molar-refractivity contribution in [1.82, 2.24) is 0 Å². The minimum Gasteiger partial charge on any atom is -0.462 e. The standard InChI is InChI=1S/C45H82O8/c1-3-5-7-8-9-10-11-12-13-14-15-16-17-18-19-20-21-22-27-31-44(50)52-37-39(36-46)53-45(51)32-28-24-23-26-30-40-41(43(49)35-42(40)48)34-33-38(47)29-25-6-4-2/h23,26,33-34,38-43,46-49H,3-22,24-25,27-32,35-37H2,1-2H3/b26-23+,34-33+/t38-,39-,40+,41+,42-,43+/m0/s1. The van der Waals surface area contributed by atoms with E-state index in [1.54, 1.807) is 6.08 Å². The number of aliphatic hydroxyl groups excluding tert-OH is 4. The maximum absolute atomic E-state index is 12.3. The van der Waals surface area contributed by atoms with Crippen LogP contribution >= 0.6 is 0 Å². The molecule has 0 saturated heterocycles. The molecular weight excluding hydrogens is 668 g/mol. The molecule has 8 nitrogen and oxygen atoms in total. The van der Waals surface area contributed by atoms with E-state index in [0.717, 1.165) is 38.5 Å². The summed E-state index contributed by atoms with van der Waals surface area (Å²) in [5, 5.41) is 40.8. The maximum atomic E-state index is 12.3. The number of carbonyl (C=O) groups is 2. The Balaban J connectivity index is 2.04. The summed E-state index contributed by atoms with van der Waals surface area (Å²) in [6.45, 7) is 3.86. The van der Waals surface area contributed by atoms with Gasteiger partial charge in [0.2, 0.25) is 0 Å². The van der Waals surface area contributed by atoms with E-state index >= 15 is 0 Å². The van der Waals surface area contributed by atoms with Gasteiger partial charge in [0.25, 0.3) is 0 Å². The quantitative estimate of drug-likeness (QED) is 0.0283. The van der Waals surface area contributed by atoms with Gasteiger partial charge in [0.05, 0.1) is 24.9 Å². The largest absolute Gasteiger partial charge is 0.462 e. The lowest BCUT2D eigenvalue weighted by Crippen LogP contribution is -2.28. The molecular formula is C45H82O8. The van der Waals surface area contributed by atoms with Gasteiger partial charge in [-0.15, -0.1) is 0 Å². The molecule has 6 atom stereocenters. The van der Waals surface area contributed by atoms with Crippen LogP contribution in [0.5, 0.6) is 0 Å². The molecule has 4 N–H and O–H groups in total. The van der Waals surface area contributed by atoms with Crippen molar-refractivity contribution < 1.29 is 39.5 Å². The summed E-state index contributed by atoms with van der Waals surface area (Å²) < 4.78 is 10.6. The Bertz CT molecular complexity index is 920. The Morgan fingerprint density at radius 2 is 1.17 bits per heavy atom. The fraction of sp³-hybridized carbons (Fsp3) is 0.867. The van der Waals surface area contributed by atoms with Gasteiger partial charge in [0.15, 0.2) is 6.10 Å². The van der Waals surface area contributed by atoms with Gasteiger partial charge in [-0.2, -0.15) is 0 Å². The highest BCUT2D eigenvalue weighted by Gasteiger charge is 2.39. The second kappa shape index (κ2) is 34.7. The molecule has 0 aliphatic heterocycles. The van der Waals surface area contributed by atoms with E-state index in [-0.39, 0.29) is 30.8 Å². The average Bonchev–Trinajstić information content (AvgIpc) is 3.42. The molecule has 0 spiro atoms. The van der Waals surface area contributed by atoms with Crippen LogP contribution in [-0.2, 0) is 19.1 Å². The number of carbonyl (C=O) groups excluding carboxylic acids is 2. The third-order valence-corrected chi connectivity index (χ3v) is 10.8. The fourth-order valence-electron chi connectivity index (χ4n) is 7.37. The van der Waals surface area contributed by atoms with Crippen LogP contribution in [0.25, 0.3) is 0 Å². The third-order valence-electron chi connectivity index (χ3n) is 10.8. The summed E-state index contributed by atoms with van der Waals surface area (Å²) in [6.07, 6.45) is 36.2. The van der Waals surface area contributed by atoms with E-state index in [1.165, 1.54) is 103 Å². The van der Waals surface area contributed by atoms with Gasteiger partial charge in [-0.25, -0.2) is 0 Å². The van der Waals surface area contributed by atoms with Crippen LogP contribution in [0.15, 0.2) is 24.3 Å². The summed E-state index contributed by atoms with van der Waals surface area (Å²) in [4.78, 5) is 24.5. The second-order valence-electron chi connectivity index (χ2n) is 15.8. The minimum absolute atomic E-state index is 0.123.